The fraction of sp³-hybridized carbons (Fsp3) is 0.500. The lowest BCUT2D eigenvalue weighted by Crippen LogP contribution is -2.62. The Morgan fingerprint density at radius 3 is 2.30 bits per heavy atom. The standard InChI is InChI=1S/C18H25N5O3S/c1-12-8-13(2)16(14(3)9-12)27(25,26)23-7-6-22(11-18(23,4)5)17(24)15-10-19-21-20-15/h8-10H,6-7,11H2,1-5H3,(H,19,20,21). The van der Waals surface area contributed by atoms with Crippen LogP contribution in [0.25, 0.3) is 0 Å². The van der Waals surface area contributed by atoms with Crippen LogP contribution in [0.5, 0.6) is 0 Å². The van der Waals surface area contributed by atoms with E-state index in [4.69, 9.17) is 0 Å². The van der Waals surface area contributed by atoms with E-state index >= 15 is 0 Å². The topological polar surface area (TPSA) is 99.3 Å². The molecule has 1 amide bonds. The van der Waals surface area contributed by atoms with Crippen molar-refractivity contribution >= 4 is 15.9 Å². The maximum atomic E-state index is 13.5. The second-order valence-corrected chi connectivity index (χ2v) is 9.51. The Morgan fingerprint density at radius 2 is 1.78 bits per heavy atom. The van der Waals surface area contributed by atoms with Gasteiger partial charge in [0.1, 0.15) is 5.69 Å². The number of nitrogens with one attached hydrogen (secondary N) is 1. The summed E-state index contributed by atoms with van der Waals surface area (Å²) in [6.45, 7) is 10.1. The molecule has 2 aromatic rings. The van der Waals surface area contributed by atoms with Gasteiger partial charge < -0.3 is 4.90 Å². The zero-order valence-electron chi connectivity index (χ0n) is 16.3. The third kappa shape index (κ3) is 3.49. The highest BCUT2D eigenvalue weighted by molar-refractivity contribution is 7.89. The molecule has 1 N–H and O–H groups in total. The normalized spacial score (nSPS) is 17.9. The summed E-state index contributed by atoms with van der Waals surface area (Å²) in [7, 11) is -3.69. The largest absolute Gasteiger partial charge is 0.334 e. The molecule has 27 heavy (non-hydrogen) atoms. The molecule has 1 aromatic heterocycles. The number of carbonyl (C=O) groups is 1. The van der Waals surface area contributed by atoms with E-state index in [2.05, 4.69) is 15.4 Å². The van der Waals surface area contributed by atoms with E-state index in [1.54, 1.807) is 4.90 Å². The first-order valence-electron chi connectivity index (χ1n) is 8.80. The van der Waals surface area contributed by atoms with E-state index in [1.807, 2.05) is 46.8 Å². The van der Waals surface area contributed by atoms with Crippen LogP contribution in [0.15, 0.2) is 23.2 Å². The van der Waals surface area contributed by atoms with E-state index < -0.39 is 15.6 Å². The molecule has 1 aliphatic heterocycles. The number of hydrogen-bond donors (Lipinski definition) is 1. The van der Waals surface area contributed by atoms with Crippen LogP contribution >= 0.6 is 0 Å². The number of piperazine rings is 1. The smallest absolute Gasteiger partial charge is 0.273 e. The molecule has 0 unspecified atom stereocenters. The Hall–Kier alpha value is -2.26. The number of rotatable bonds is 3. The molecule has 146 valence electrons. The highest BCUT2D eigenvalue weighted by atomic mass is 32.2. The van der Waals surface area contributed by atoms with Crippen LogP contribution in [0.1, 0.15) is 41.0 Å². The van der Waals surface area contributed by atoms with Gasteiger partial charge in [-0.05, 0) is 45.7 Å². The number of aromatic amines is 1. The van der Waals surface area contributed by atoms with E-state index in [1.165, 1.54) is 10.5 Å². The average molecular weight is 391 g/mol. The summed E-state index contributed by atoms with van der Waals surface area (Å²) in [6.07, 6.45) is 1.37. The van der Waals surface area contributed by atoms with Crippen LogP contribution in [-0.4, -0.2) is 64.1 Å². The third-order valence-electron chi connectivity index (χ3n) is 4.91. The number of H-pyrrole nitrogens is 1. The van der Waals surface area contributed by atoms with Crippen molar-refractivity contribution in [3.63, 3.8) is 0 Å². The van der Waals surface area contributed by atoms with Gasteiger partial charge >= 0.3 is 0 Å². The van der Waals surface area contributed by atoms with Gasteiger partial charge in [-0.2, -0.15) is 4.31 Å². The monoisotopic (exact) mass is 391 g/mol. The van der Waals surface area contributed by atoms with Crippen LogP contribution in [-0.2, 0) is 10.0 Å². The molecule has 1 saturated heterocycles. The fourth-order valence-corrected chi connectivity index (χ4v) is 6.10. The van der Waals surface area contributed by atoms with Gasteiger partial charge in [-0.25, -0.2) is 8.42 Å². The first kappa shape index (κ1) is 19.5. The van der Waals surface area contributed by atoms with Gasteiger partial charge in [-0.1, -0.05) is 22.9 Å². The minimum Gasteiger partial charge on any atom is -0.334 e. The van der Waals surface area contributed by atoms with E-state index in [0.717, 1.165) is 16.7 Å². The Balaban J connectivity index is 1.91. The minimum absolute atomic E-state index is 0.229. The highest BCUT2D eigenvalue weighted by Gasteiger charge is 2.43. The van der Waals surface area contributed by atoms with Crippen molar-refractivity contribution in [3.8, 4) is 0 Å². The van der Waals surface area contributed by atoms with Crippen LogP contribution in [0.4, 0.5) is 0 Å². The van der Waals surface area contributed by atoms with Gasteiger partial charge in [0.2, 0.25) is 10.0 Å². The first-order chi connectivity index (χ1) is 12.5. The molecular formula is C18H25N5O3S. The Morgan fingerprint density at radius 1 is 1.15 bits per heavy atom. The number of sulfonamides is 1. The minimum atomic E-state index is -3.69. The third-order valence-corrected chi connectivity index (χ3v) is 7.33. The molecule has 0 bridgehead atoms. The number of carbonyl (C=O) groups excluding carboxylic acids is 1. The Bertz CT molecular complexity index is 944. The second-order valence-electron chi connectivity index (χ2n) is 7.71. The van der Waals surface area contributed by atoms with Crippen molar-refractivity contribution in [1.29, 1.82) is 0 Å². The lowest BCUT2D eigenvalue weighted by atomic mass is 10.0. The van der Waals surface area contributed by atoms with Crippen LogP contribution in [0.3, 0.4) is 0 Å². The van der Waals surface area contributed by atoms with E-state index in [9.17, 15) is 13.2 Å². The van der Waals surface area contributed by atoms with Crippen molar-refractivity contribution < 1.29 is 13.2 Å². The van der Waals surface area contributed by atoms with Crippen molar-refractivity contribution in [1.82, 2.24) is 24.6 Å². The number of amides is 1. The molecule has 0 atom stereocenters. The summed E-state index contributed by atoms with van der Waals surface area (Å²) in [4.78, 5) is 14.6. The first-order valence-corrected chi connectivity index (χ1v) is 10.2. The number of aryl methyl sites for hydroxylation is 3. The summed E-state index contributed by atoms with van der Waals surface area (Å²) in [5.41, 5.74) is 2.07. The summed E-state index contributed by atoms with van der Waals surface area (Å²) in [5.74, 6) is -0.229. The predicted octanol–water partition coefficient (Wildman–Crippen LogP) is 1.66. The zero-order valence-corrected chi connectivity index (χ0v) is 17.1. The molecule has 1 aliphatic rings. The predicted molar refractivity (Wildman–Crippen MR) is 101 cm³/mol. The van der Waals surface area contributed by atoms with Crippen molar-refractivity contribution in [2.24, 2.45) is 0 Å². The molecule has 0 radical (unpaired) electrons. The molecule has 9 heteroatoms. The Kier molecular flexibility index (Phi) is 4.85. The fourth-order valence-electron chi connectivity index (χ4n) is 3.91. The van der Waals surface area contributed by atoms with Gasteiger partial charge in [-0.15, -0.1) is 5.10 Å². The molecule has 0 spiro atoms. The lowest BCUT2D eigenvalue weighted by molar-refractivity contribution is 0.0489. The number of nitrogens with zero attached hydrogens (tertiary/aromatic N) is 4. The molecule has 8 nitrogen and oxygen atoms in total. The number of aromatic nitrogens is 3. The molecule has 1 fully saturated rings. The van der Waals surface area contributed by atoms with Crippen LogP contribution < -0.4 is 0 Å². The summed E-state index contributed by atoms with van der Waals surface area (Å²) in [5, 5.41) is 9.77. The number of hydrogen-bond acceptors (Lipinski definition) is 5. The van der Waals surface area contributed by atoms with E-state index in [-0.39, 0.29) is 19.0 Å². The number of benzene rings is 1. The maximum absolute atomic E-state index is 13.5. The quantitative estimate of drug-likeness (QED) is 0.858. The van der Waals surface area contributed by atoms with Crippen LogP contribution in [0, 0.1) is 20.8 Å². The van der Waals surface area contributed by atoms with Crippen molar-refractivity contribution in [2.45, 2.75) is 45.1 Å². The Labute approximate surface area is 159 Å². The van der Waals surface area contributed by atoms with Crippen LogP contribution in [0.2, 0.25) is 0 Å². The van der Waals surface area contributed by atoms with Crippen molar-refractivity contribution in [3.05, 3.63) is 40.7 Å². The van der Waals surface area contributed by atoms with E-state index in [0.29, 0.717) is 17.1 Å². The summed E-state index contributed by atoms with van der Waals surface area (Å²) >= 11 is 0. The summed E-state index contributed by atoms with van der Waals surface area (Å²) in [6, 6.07) is 3.77. The lowest BCUT2D eigenvalue weighted by Gasteiger charge is -2.46. The highest BCUT2D eigenvalue weighted by Crippen LogP contribution is 2.32. The molecular weight excluding hydrogens is 366 g/mol. The molecule has 0 aliphatic carbocycles. The van der Waals surface area contributed by atoms with Gasteiger partial charge in [0.25, 0.3) is 5.91 Å². The zero-order chi connectivity index (χ0) is 20.0. The molecule has 3 rings (SSSR count). The van der Waals surface area contributed by atoms with Crippen molar-refractivity contribution in [2.75, 3.05) is 19.6 Å². The van der Waals surface area contributed by atoms with Gasteiger partial charge in [-0.3, -0.25) is 9.89 Å². The maximum Gasteiger partial charge on any atom is 0.273 e. The molecule has 2 heterocycles. The summed E-state index contributed by atoms with van der Waals surface area (Å²) < 4.78 is 28.4. The average Bonchev–Trinajstić information content (AvgIpc) is 3.05. The second kappa shape index (κ2) is 6.72. The molecule has 1 aromatic carbocycles. The van der Waals surface area contributed by atoms with Gasteiger partial charge in [0.15, 0.2) is 0 Å². The van der Waals surface area contributed by atoms with Gasteiger partial charge in [0, 0.05) is 25.2 Å². The molecule has 0 saturated carbocycles. The SMILES string of the molecule is Cc1cc(C)c(S(=O)(=O)N2CCN(C(=O)c3cnn[nH]3)CC2(C)C)c(C)c1. The van der Waals surface area contributed by atoms with Gasteiger partial charge in [0.05, 0.1) is 11.1 Å².